The fraction of sp³-hybridized carbons (Fsp3) is 0.862. The minimum Gasteiger partial charge on any atom is -0.465 e. The van der Waals surface area contributed by atoms with Crippen LogP contribution < -0.4 is 0 Å². The first-order valence-corrected chi connectivity index (χ1v) is 14.3. The van der Waals surface area contributed by atoms with Crippen LogP contribution in [0.25, 0.3) is 0 Å². The molecule has 9 atom stereocenters. The Hall–Kier alpha value is -2.20. The maximum Gasteiger partial charge on any atom is 0.309 e. The third-order valence-corrected chi connectivity index (χ3v) is 10.8. The first-order valence-electron chi connectivity index (χ1n) is 14.3. The molecule has 0 N–H and O–H groups in total. The predicted octanol–water partition coefficient (Wildman–Crippen LogP) is 3.27. The number of ether oxygens (including phenoxy) is 6. The van der Waals surface area contributed by atoms with E-state index in [1.807, 2.05) is 13.8 Å². The van der Waals surface area contributed by atoms with Crippen molar-refractivity contribution in [2.24, 2.45) is 22.7 Å². The van der Waals surface area contributed by atoms with Crippen molar-refractivity contribution in [2.45, 2.75) is 115 Å². The summed E-state index contributed by atoms with van der Waals surface area (Å²) in [6, 6.07) is 0. The van der Waals surface area contributed by atoms with Crippen molar-refractivity contribution in [2.75, 3.05) is 19.8 Å². The van der Waals surface area contributed by atoms with E-state index >= 15 is 0 Å². The van der Waals surface area contributed by atoms with Gasteiger partial charge in [-0.3, -0.25) is 19.2 Å². The fourth-order valence-corrected chi connectivity index (χ4v) is 8.33. The van der Waals surface area contributed by atoms with Gasteiger partial charge in [-0.2, -0.15) is 0 Å². The van der Waals surface area contributed by atoms with Gasteiger partial charge in [-0.05, 0) is 44.9 Å². The molecular formula is C29H42O10. The van der Waals surface area contributed by atoms with Crippen LogP contribution in [0.3, 0.4) is 0 Å². The Morgan fingerprint density at radius 2 is 1.74 bits per heavy atom. The molecule has 5 aliphatic rings. The molecule has 3 aliphatic heterocycles. The molecule has 0 aromatic rings. The molecule has 9 unspecified atom stereocenters. The van der Waals surface area contributed by atoms with Gasteiger partial charge in [-0.1, -0.05) is 27.2 Å². The smallest absolute Gasteiger partial charge is 0.309 e. The molecule has 10 heteroatoms. The third-order valence-electron chi connectivity index (χ3n) is 10.8. The summed E-state index contributed by atoms with van der Waals surface area (Å²) in [7, 11) is 0. The highest BCUT2D eigenvalue weighted by Gasteiger charge is 2.82. The fourth-order valence-electron chi connectivity index (χ4n) is 8.33. The zero-order valence-electron chi connectivity index (χ0n) is 24.0. The molecule has 2 saturated carbocycles. The van der Waals surface area contributed by atoms with Crippen LogP contribution >= 0.6 is 0 Å². The van der Waals surface area contributed by atoms with E-state index in [0.29, 0.717) is 25.9 Å². The summed E-state index contributed by atoms with van der Waals surface area (Å²) in [5, 5.41) is 0. The number of cyclic esters (lactones) is 1. The molecule has 3 heterocycles. The second-order valence-corrected chi connectivity index (χ2v) is 12.9. The van der Waals surface area contributed by atoms with Gasteiger partial charge in [0.2, 0.25) is 0 Å². The van der Waals surface area contributed by atoms with Gasteiger partial charge in [0, 0.05) is 19.3 Å². The highest BCUT2D eigenvalue weighted by Crippen LogP contribution is 2.72. The number of hydrogen-bond acceptors (Lipinski definition) is 10. The molecule has 0 bridgehead atoms. The first-order chi connectivity index (χ1) is 18.3. The number of carbonyl (C=O) groups excluding carboxylic acids is 4. The Bertz CT molecular complexity index is 1050. The normalized spacial score (nSPS) is 45.1. The highest BCUT2D eigenvalue weighted by atomic mass is 16.6. The van der Waals surface area contributed by atoms with Crippen LogP contribution in [0.2, 0.25) is 0 Å². The van der Waals surface area contributed by atoms with Crippen LogP contribution in [-0.4, -0.2) is 72.7 Å². The highest BCUT2D eigenvalue weighted by molar-refractivity contribution is 5.73. The van der Waals surface area contributed by atoms with E-state index in [-0.39, 0.29) is 31.5 Å². The lowest BCUT2D eigenvalue weighted by atomic mass is 9.40. The molecule has 218 valence electrons. The molecule has 0 amide bonds. The van der Waals surface area contributed by atoms with Crippen molar-refractivity contribution >= 4 is 23.9 Å². The number of epoxide rings is 1. The molecule has 0 aromatic heterocycles. The maximum atomic E-state index is 13.5. The average molecular weight is 551 g/mol. The second kappa shape index (κ2) is 9.43. The molecule has 0 aromatic carbocycles. The third kappa shape index (κ3) is 4.11. The molecule has 10 nitrogen and oxygen atoms in total. The summed E-state index contributed by atoms with van der Waals surface area (Å²) in [5.74, 6) is -2.28. The summed E-state index contributed by atoms with van der Waals surface area (Å²) in [4.78, 5) is 50.7. The number of hydrogen-bond donors (Lipinski definition) is 0. The lowest BCUT2D eigenvalue weighted by Gasteiger charge is -2.70. The Kier molecular flexibility index (Phi) is 6.85. The van der Waals surface area contributed by atoms with E-state index in [2.05, 4.69) is 6.92 Å². The van der Waals surface area contributed by atoms with E-state index in [1.165, 1.54) is 13.8 Å². The predicted molar refractivity (Wildman–Crippen MR) is 135 cm³/mol. The molecule has 5 fully saturated rings. The van der Waals surface area contributed by atoms with Gasteiger partial charge in [0.1, 0.15) is 30.0 Å². The first kappa shape index (κ1) is 28.3. The minimum atomic E-state index is -1.14. The monoisotopic (exact) mass is 550 g/mol. The molecule has 39 heavy (non-hydrogen) atoms. The molecule has 2 spiro atoms. The number of esters is 4. The molecule has 5 rings (SSSR count). The van der Waals surface area contributed by atoms with Crippen molar-refractivity contribution < 1.29 is 47.6 Å². The van der Waals surface area contributed by atoms with Crippen molar-refractivity contribution in [3.63, 3.8) is 0 Å². The number of fused-ring (bicyclic) bond motifs is 4. The maximum absolute atomic E-state index is 13.5. The van der Waals surface area contributed by atoms with E-state index in [4.69, 9.17) is 28.4 Å². The van der Waals surface area contributed by atoms with Crippen LogP contribution in [0.1, 0.15) is 86.5 Å². The Morgan fingerprint density at radius 1 is 1.03 bits per heavy atom. The summed E-state index contributed by atoms with van der Waals surface area (Å²) in [6.07, 6.45) is 2.26. The topological polar surface area (TPSA) is 127 Å². The quantitative estimate of drug-likeness (QED) is 0.276. The summed E-state index contributed by atoms with van der Waals surface area (Å²) < 4.78 is 36.9. The van der Waals surface area contributed by atoms with Gasteiger partial charge >= 0.3 is 23.9 Å². The average Bonchev–Trinajstić information content (AvgIpc) is 3.56. The molecule has 3 saturated heterocycles. The van der Waals surface area contributed by atoms with Gasteiger partial charge < -0.3 is 28.4 Å². The molecule has 0 radical (unpaired) electrons. The Labute approximate surface area is 229 Å². The summed E-state index contributed by atoms with van der Waals surface area (Å²) in [6.45, 7) is 11.0. The van der Waals surface area contributed by atoms with Gasteiger partial charge in [0.15, 0.2) is 12.2 Å². The van der Waals surface area contributed by atoms with Gasteiger partial charge in [-0.25, -0.2) is 0 Å². The summed E-state index contributed by atoms with van der Waals surface area (Å²) in [5.41, 5.74) is -4.22. The van der Waals surface area contributed by atoms with Crippen molar-refractivity contribution in [3.05, 3.63) is 0 Å². The minimum absolute atomic E-state index is 0.0262. The second-order valence-electron chi connectivity index (χ2n) is 12.9. The van der Waals surface area contributed by atoms with Crippen molar-refractivity contribution in [1.82, 2.24) is 0 Å². The van der Waals surface area contributed by atoms with Gasteiger partial charge in [-0.15, -0.1) is 0 Å². The van der Waals surface area contributed by atoms with Crippen LogP contribution in [-0.2, 0) is 47.6 Å². The van der Waals surface area contributed by atoms with Gasteiger partial charge in [0.25, 0.3) is 0 Å². The SMILES string of the molecule is CCC(C)C(=O)OC1C(OC(C)=O)C2(C)OC3(CCC2(C)C2CCCC4(CO4)C12COC(C)=O)COC(=O)C3. The zero-order valence-corrected chi connectivity index (χ0v) is 24.0. The summed E-state index contributed by atoms with van der Waals surface area (Å²) >= 11 is 0. The standard InChI is InChI=1S/C29H42O10/c1-7-17(2)24(33)38-23-22(37-19(4)31)26(6)25(5,11-12-27(39-26)13-21(32)35-14-27)20-9-8-10-28(15-36-28)29(20,23)16-34-18(3)30/h17,20,22-23H,7-16H2,1-6H3. The van der Waals surface area contributed by atoms with E-state index < -0.39 is 63.7 Å². The van der Waals surface area contributed by atoms with E-state index in [1.54, 1.807) is 6.92 Å². The van der Waals surface area contributed by atoms with Crippen LogP contribution in [0, 0.1) is 22.7 Å². The number of rotatable bonds is 6. The number of carbonyl (C=O) groups is 4. The largest absolute Gasteiger partial charge is 0.465 e. The van der Waals surface area contributed by atoms with Crippen LogP contribution in [0.15, 0.2) is 0 Å². The zero-order chi connectivity index (χ0) is 28.4. The molecule has 2 aliphatic carbocycles. The lowest BCUT2D eigenvalue weighted by Crippen LogP contribution is -2.80. The lowest BCUT2D eigenvalue weighted by molar-refractivity contribution is -0.361. The van der Waals surface area contributed by atoms with E-state index in [9.17, 15) is 19.2 Å². The Morgan fingerprint density at radius 3 is 2.31 bits per heavy atom. The van der Waals surface area contributed by atoms with Crippen LogP contribution in [0.5, 0.6) is 0 Å². The Balaban J connectivity index is 1.71. The molecular weight excluding hydrogens is 508 g/mol. The van der Waals surface area contributed by atoms with Crippen molar-refractivity contribution in [1.29, 1.82) is 0 Å². The van der Waals surface area contributed by atoms with Crippen molar-refractivity contribution in [3.8, 4) is 0 Å². The van der Waals surface area contributed by atoms with Crippen LogP contribution in [0.4, 0.5) is 0 Å². The van der Waals surface area contributed by atoms with E-state index in [0.717, 1.165) is 19.3 Å². The van der Waals surface area contributed by atoms with Gasteiger partial charge in [0.05, 0.1) is 24.4 Å².